The van der Waals surface area contributed by atoms with Crippen LogP contribution in [0.2, 0.25) is 0 Å². The van der Waals surface area contributed by atoms with E-state index in [2.05, 4.69) is 11.9 Å². The molecule has 112 valence electrons. The fourth-order valence-corrected chi connectivity index (χ4v) is 2.09. The largest absolute Gasteiger partial charge is 0.477 e. The molecule has 0 bridgehead atoms. The van der Waals surface area contributed by atoms with Gasteiger partial charge in [0.2, 0.25) is 11.8 Å². The van der Waals surface area contributed by atoms with Crippen LogP contribution < -0.4 is 4.74 Å². The molecule has 0 N–H and O–H groups in total. The molecule has 0 unspecified atom stereocenters. The van der Waals surface area contributed by atoms with Gasteiger partial charge in [-0.3, -0.25) is 4.79 Å². The molecular formula is C16H26N2O2. The summed E-state index contributed by atoms with van der Waals surface area (Å²) in [6.07, 6.45) is 4.35. The molecule has 1 aliphatic heterocycles. The van der Waals surface area contributed by atoms with Crippen molar-refractivity contribution in [3.63, 3.8) is 0 Å². The Kier molecular flexibility index (Phi) is 7.70. The third-order valence-electron chi connectivity index (χ3n) is 3.34. The molecule has 0 spiro atoms. The maximum atomic E-state index is 11.9. The summed E-state index contributed by atoms with van der Waals surface area (Å²) in [4.78, 5) is 17.9. The highest BCUT2D eigenvalue weighted by Gasteiger charge is 2.19. The monoisotopic (exact) mass is 278 g/mol. The smallest absolute Gasteiger partial charge is 0.225 e. The van der Waals surface area contributed by atoms with E-state index in [9.17, 15) is 4.79 Å². The quantitative estimate of drug-likeness (QED) is 0.849. The Morgan fingerprint density at radius 2 is 2.05 bits per heavy atom. The van der Waals surface area contributed by atoms with Gasteiger partial charge in [-0.1, -0.05) is 26.8 Å². The summed E-state index contributed by atoms with van der Waals surface area (Å²) in [6, 6.07) is 5.51. The second-order valence-corrected chi connectivity index (χ2v) is 4.83. The highest BCUT2D eigenvalue weighted by atomic mass is 16.5. The zero-order valence-corrected chi connectivity index (χ0v) is 12.8. The molecule has 0 saturated carbocycles. The lowest BCUT2D eigenvalue weighted by atomic mass is 9.99. The number of aromatic nitrogens is 1. The van der Waals surface area contributed by atoms with Crippen LogP contribution in [-0.4, -0.2) is 35.5 Å². The first-order chi connectivity index (χ1) is 9.75. The van der Waals surface area contributed by atoms with Gasteiger partial charge in [0.25, 0.3) is 0 Å². The van der Waals surface area contributed by atoms with Gasteiger partial charge >= 0.3 is 0 Å². The van der Waals surface area contributed by atoms with Crippen molar-refractivity contribution in [2.24, 2.45) is 5.92 Å². The van der Waals surface area contributed by atoms with Crippen molar-refractivity contribution in [2.75, 3.05) is 19.7 Å². The number of carbonyl (C=O) groups is 1. The van der Waals surface area contributed by atoms with Gasteiger partial charge in [0, 0.05) is 25.4 Å². The second kappa shape index (κ2) is 9.34. The van der Waals surface area contributed by atoms with Gasteiger partial charge in [0.1, 0.15) is 0 Å². The molecule has 1 amide bonds. The standard InChI is InChI=1S/C14H20N2O2.C2H6/c1-12-5-9-16(10-6-12)14(17)7-11-18-13-4-2-3-8-15-13;1-2/h2-4,8,12H,5-7,9-11H2,1H3;1-2H3. The van der Waals surface area contributed by atoms with Crippen LogP contribution in [0.15, 0.2) is 24.4 Å². The third-order valence-corrected chi connectivity index (χ3v) is 3.34. The van der Waals surface area contributed by atoms with Gasteiger partial charge in [0.05, 0.1) is 13.0 Å². The van der Waals surface area contributed by atoms with Gasteiger partial charge in [0.15, 0.2) is 0 Å². The fraction of sp³-hybridized carbons (Fsp3) is 0.625. The molecule has 2 heterocycles. The van der Waals surface area contributed by atoms with Crippen molar-refractivity contribution in [1.29, 1.82) is 0 Å². The Hall–Kier alpha value is -1.58. The molecule has 20 heavy (non-hydrogen) atoms. The van der Waals surface area contributed by atoms with Gasteiger partial charge < -0.3 is 9.64 Å². The summed E-state index contributed by atoms with van der Waals surface area (Å²) in [7, 11) is 0. The fourth-order valence-electron chi connectivity index (χ4n) is 2.09. The van der Waals surface area contributed by atoms with E-state index in [1.807, 2.05) is 30.9 Å². The number of piperidine rings is 1. The first-order valence-electron chi connectivity index (χ1n) is 7.57. The van der Waals surface area contributed by atoms with Crippen LogP contribution in [-0.2, 0) is 4.79 Å². The van der Waals surface area contributed by atoms with E-state index < -0.39 is 0 Å². The first kappa shape index (κ1) is 16.5. The topological polar surface area (TPSA) is 42.4 Å². The summed E-state index contributed by atoms with van der Waals surface area (Å²) in [6.45, 7) is 8.43. The Labute approximate surface area is 122 Å². The lowest BCUT2D eigenvalue weighted by molar-refractivity contribution is -0.133. The molecule has 0 aliphatic carbocycles. The molecule has 4 nitrogen and oxygen atoms in total. The van der Waals surface area contributed by atoms with E-state index in [1.54, 1.807) is 12.3 Å². The molecule has 1 aromatic heterocycles. The van der Waals surface area contributed by atoms with Crippen LogP contribution in [0.3, 0.4) is 0 Å². The van der Waals surface area contributed by atoms with E-state index in [0.29, 0.717) is 18.9 Å². The predicted molar refractivity (Wildman–Crippen MR) is 80.7 cm³/mol. The van der Waals surface area contributed by atoms with Crippen molar-refractivity contribution in [3.05, 3.63) is 24.4 Å². The van der Waals surface area contributed by atoms with Crippen LogP contribution in [0, 0.1) is 5.92 Å². The Morgan fingerprint density at radius 3 is 2.65 bits per heavy atom. The van der Waals surface area contributed by atoms with E-state index in [0.717, 1.165) is 31.8 Å². The number of amides is 1. The summed E-state index contributed by atoms with van der Waals surface area (Å²) < 4.78 is 5.43. The van der Waals surface area contributed by atoms with Gasteiger partial charge in [-0.2, -0.15) is 0 Å². The van der Waals surface area contributed by atoms with Crippen molar-refractivity contribution >= 4 is 5.91 Å². The van der Waals surface area contributed by atoms with Gasteiger partial charge in [-0.05, 0) is 24.8 Å². The number of likely N-dealkylation sites (tertiary alicyclic amines) is 1. The minimum Gasteiger partial charge on any atom is -0.477 e. The molecule has 1 saturated heterocycles. The molecule has 0 atom stereocenters. The molecular weight excluding hydrogens is 252 g/mol. The number of hydrogen-bond donors (Lipinski definition) is 0. The molecule has 1 aromatic rings. The zero-order chi connectivity index (χ0) is 14.8. The average Bonchev–Trinajstić information content (AvgIpc) is 2.51. The van der Waals surface area contributed by atoms with Crippen molar-refractivity contribution in [1.82, 2.24) is 9.88 Å². The van der Waals surface area contributed by atoms with Crippen LogP contribution in [0.1, 0.15) is 40.0 Å². The number of rotatable bonds is 4. The Bertz CT molecular complexity index is 373. The molecule has 4 heteroatoms. The van der Waals surface area contributed by atoms with E-state index in [4.69, 9.17) is 4.74 Å². The van der Waals surface area contributed by atoms with Crippen LogP contribution in [0.4, 0.5) is 0 Å². The maximum absolute atomic E-state index is 11.9. The number of pyridine rings is 1. The van der Waals surface area contributed by atoms with E-state index in [1.165, 1.54) is 0 Å². The second-order valence-electron chi connectivity index (χ2n) is 4.83. The predicted octanol–water partition coefficient (Wildman–Crippen LogP) is 3.14. The Balaban J connectivity index is 0.000000956. The number of nitrogens with zero attached hydrogens (tertiary/aromatic N) is 2. The lowest BCUT2D eigenvalue weighted by Gasteiger charge is -2.30. The average molecular weight is 278 g/mol. The number of carbonyl (C=O) groups excluding carboxylic acids is 1. The third kappa shape index (κ3) is 5.59. The minimum atomic E-state index is 0.192. The maximum Gasteiger partial charge on any atom is 0.225 e. The minimum absolute atomic E-state index is 0.192. The summed E-state index contributed by atoms with van der Waals surface area (Å²) in [5.74, 6) is 1.52. The molecule has 2 rings (SSSR count). The summed E-state index contributed by atoms with van der Waals surface area (Å²) in [5, 5.41) is 0. The van der Waals surface area contributed by atoms with Gasteiger partial charge in [-0.15, -0.1) is 0 Å². The summed E-state index contributed by atoms with van der Waals surface area (Å²) >= 11 is 0. The summed E-state index contributed by atoms with van der Waals surface area (Å²) in [5.41, 5.74) is 0. The van der Waals surface area contributed by atoms with Crippen LogP contribution in [0.5, 0.6) is 5.88 Å². The number of hydrogen-bond acceptors (Lipinski definition) is 3. The Morgan fingerprint density at radius 1 is 1.35 bits per heavy atom. The van der Waals surface area contributed by atoms with Gasteiger partial charge in [-0.25, -0.2) is 4.98 Å². The van der Waals surface area contributed by atoms with Crippen LogP contribution in [0.25, 0.3) is 0 Å². The van der Waals surface area contributed by atoms with Crippen molar-refractivity contribution in [2.45, 2.75) is 40.0 Å². The molecule has 1 aliphatic rings. The van der Waals surface area contributed by atoms with Crippen molar-refractivity contribution < 1.29 is 9.53 Å². The molecule has 1 fully saturated rings. The van der Waals surface area contributed by atoms with E-state index in [-0.39, 0.29) is 5.91 Å². The molecule has 0 radical (unpaired) electrons. The normalized spacial score (nSPS) is 15.2. The lowest BCUT2D eigenvalue weighted by Crippen LogP contribution is -2.38. The number of ether oxygens (including phenoxy) is 1. The zero-order valence-electron chi connectivity index (χ0n) is 12.8. The first-order valence-corrected chi connectivity index (χ1v) is 7.57. The molecule has 0 aromatic carbocycles. The highest BCUT2D eigenvalue weighted by molar-refractivity contribution is 5.76. The highest BCUT2D eigenvalue weighted by Crippen LogP contribution is 2.16. The SMILES string of the molecule is CC.CC1CCN(C(=O)CCOc2ccccn2)CC1. The van der Waals surface area contributed by atoms with Crippen LogP contribution >= 0.6 is 0 Å². The van der Waals surface area contributed by atoms with Crippen molar-refractivity contribution in [3.8, 4) is 5.88 Å². The van der Waals surface area contributed by atoms with E-state index >= 15 is 0 Å².